The molecule has 0 radical (unpaired) electrons. The van der Waals surface area contributed by atoms with Crippen molar-refractivity contribution in [2.75, 3.05) is 31.2 Å². The van der Waals surface area contributed by atoms with E-state index in [0.717, 1.165) is 17.7 Å². The predicted molar refractivity (Wildman–Crippen MR) is 112 cm³/mol. The van der Waals surface area contributed by atoms with E-state index >= 15 is 0 Å². The number of urea groups is 1. The Morgan fingerprint density at radius 2 is 2.10 bits per heavy atom. The van der Waals surface area contributed by atoms with Crippen LogP contribution in [0.1, 0.15) is 38.2 Å². The zero-order valence-electron chi connectivity index (χ0n) is 17.5. The van der Waals surface area contributed by atoms with Crippen LogP contribution in [0, 0.1) is 0 Å². The molecule has 1 N–H and O–H groups in total. The maximum Gasteiger partial charge on any atom is 0.325 e. The van der Waals surface area contributed by atoms with Crippen LogP contribution >= 0.6 is 0 Å². The number of amides is 4. The van der Waals surface area contributed by atoms with Crippen molar-refractivity contribution in [1.82, 2.24) is 15.1 Å². The van der Waals surface area contributed by atoms with Gasteiger partial charge in [0.15, 0.2) is 15.4 Å². The van der Waals surface area contributed by atoms with Crippen LogP contribution < -0.4 is 10.1 Å². The zero-order chi connectivity index (χ0) is 22.2. The number of para-hydroxylation sites is 1. The van der Waals surface area contributed by atoms with Crippen molar-refractivity contribution in [2.24, 2.45) is 0 Å². The fraction of sp³-hybridized carbons (Fsp3) is 0.571. The van der Waals surface area contributed by atoms with Gasteiger partial charge in [0.05, 0.1) is 18.1 Å². The Kier molecular flexibility index (Phi) is 5.67. The number of benzene rings is 1. The number of carbonyl (C=O) groups excluding carboxylic acids is 3. The Morgan fingerprint density at radius 3 is 2.81 bits per heavy atom. The maximum atomic E-state index is 13.4. The largest absolute Gasteiger partial charge is 0.493 e. The van der Waals surface area contributed by atoms with Gasteiger partial charge < -0.3 is 15.0 Å². The molecule has 3 aliphatic rings. The first-order valence-corrected chi connectivity index (χ1v) is 12.5. The third kappa shape index (κ3) is 3.88. The summed E-state index contributed by atoms with van der Waals surface area (Å²) in [5, 5.41) is 2.79. The van der Waals surface area contributed by atoms with Crippen LogP contribution in [0.4, 0.5) is 4.79 Å². The number of ether oxygens (including phenoxy) is 1. The molecule has 3 heterocycles. The molecular formula is C21H27N3O6S. The minimum atomic E-state index is -3.17. The van der Waals surface area contributed by atoms with Crippen molar-refractivity contribution < 1.29 is 27.5 Å². The maximum absolute atomic E-state index is 13.4. The van der Waals surface area contributed by atoms with E-state index in [4.69, 9.17) is 4.74 Å². The second-order valence-corrected chi connectivity index (χ2v) is 10.5. The summed E-state index contributed by atoms with van der Waals surface area (Å²) >= 11 is 0. The van der Waals surface area contributed by atoms with Crippen LogP contribution in [0.3, 0.4) is 0 Å². The Labute approximate surface area is 181 Å². The average Bonchev–Trinajstić information content (AvgIpc) is 3.21. The SMILES string of the molecule is CCCCN(C(=O)CN1C(=O)N[C@@]2(CCOc3ccccc32)C1=O)[C@@H]1CCS(=O)(=O)C1. The van der Waals surface area contributed by atoms with E-state index in [9.17, 15) is 22.8 Å². The van der Waals surface area contributed by atoms with E-state index < -0.39 is 45.8 Å². The van der Waals surface area contributed by atoms with Crippen molar-refractivity contribution in [2.45, 2.75) is 44.2 Å². The third-order valence-corrected chi connectivity index (χ3v) is 8.02. The molecule has 9 nitrogen and oxygen atoms in total. The number of nitrogens with one attached hydrogen (secondary N) is 1. The number of imide groups is 1. The van der Waals surface area contributed by atoms with Crippen LogP contribution in [0.2, 0.25) is 0 Å². The number of unbranched alkanes of at least 4 members (excludes halogenated alkanes) is 1. The summed E-state index contributed by atoms with van der Waals surface area (Å²) in [4.78, 5) is 41.8. The first kappa shape index (κ1) is 21.6. The van der Waals surface area contributed by atoms with Crippen molar-refractivity contribution in [3.8, 4) is 5.75 Å². The molecule has 0 unspecified atom stereocenters. The summed E-state index contributed by atoms with van der Waals surface area (Å²) in [6.07, 6.45) is 2.22. The standard InChI is InChI=1S/C21H27N3O6S/c1-2-3-10-23(15-8-12-31(28,29)14-15)18(25)13-24-19(26)21(22-20(24)27)9-11-30-17-7-5-4-6-16(17)21/h4-7,15H,2-3,8-14H2,1H3,(H,22,27)/t15-,21-/m1/s1. The van der Waals surface area contributed by atoms with Gasteiger partial charge in [0.2, 0.25) is 5.91 Å². The number of sulfone groups is 1. The number of fused-ring (bicyclic) bond motifs is 2. The van der Waals surface area contributed by atoms with Gasteiger partial charge in [-0.2, -0.15) is 0 Å². The molecule has 4 amide bonds. The second kappa shape index (κ2) is 8.14. The smallest absolute Gasteiger partial charge is 0.325 e. The van der Waals surface area contributed by atoms with Crippen molar-refractivity contribution in [3.63, 3.8) is 0 Å². The van der Waals surface area contributed by atoms with E-state index in [1.165, 1.54) is 4.90 Å². The van der Waals surface area contributed by atoms with Gasteiger partial charge in [0, 0.05) is 24.6 Å². The van der Waals surface area contributed by atoms with E-state index in [1.54, 1.807) is 24.3 Å². The molecular weight excluding hydrogens is 422 g/mol. The summed E-state index contributed by atoms with van der Waals surface area (Å²) in [6, 6.07) is 6.02. The van der Waals surface area contributed by atoms with Crippen molar-refractivity contribution >= 4 is 27.7 Å². The zero-order valence-corrected chi connectivity index (χ0v) is 18.3. The normalized spacial score (nSPS) is 26.5. The van der Waals surface area contributed by atoms with Crippen molar-refractivity contribution in [3.05, 3.63) is 29.8 Å². The molecule has 1 aromatic rings. The second-order valence-electron chi connectivity index (χ2n) is 8.32. The van der Waals surface area contributed by atoms with Gasteiger partial charge in [-0.1, -0.05) is 31.5 Å². The van der Waals surface area contributed by atoms with Crippen LogP contribution in [0.15, 0.2) is 24.3 Å². The summed E-state index contributed by atoms with van der Waals surface area (Å²) < 4.78 is 29.5. The summed E-state index contributed by atoms with van der Waals surface area (Å²) in [7, 11) is -3.17. The fourth-order valence-corrected chi connectivity index (χ4v) is 6.33. The van der Waals surface area contributed by atoms with Gasteiger partial charge in [-0.3, -0.25) is 14.5 Å². The molecule has 1 aromatic carbocycles. The number of hydrogen-bond donors (Lipinski definition) is 1. The molecule has 0 bridgehead atoms. The van der Waals surface area contributed by atoms with E-state index in [-0.39, 0.29) is 24.5 Å². The topological polar surface area (TPSA) is 113 Å². The molecule has 168 valence electrons. The summed E-state index contributed by atoms with van der Waals surface area (Å²) in [5.41, 5.74) is -0.656. The first-order valence-electron chi connectivity index (χ1n) is 10.6. The summed E-state index contributed by atoms with van der Waals surface area (Å²) in [6.45, 7) is 2.25. The highest BCUT2D eigenvalue weighted by atomic mass is 32.2. The highest BCUT2D eigenvalue weighted by Crippen LogP contribution is 2.41. The monoisotopic (exact) mass is 449 g/mol. The van der Waals surface area contributed by atoms with Crippen LogP contribution in [-0.4, -0.2) is 73.3 Å². The lowest BCUT2D eigenvalue weighted by Crippen LogP contribution is -2.50. The van der Waals surface area contributed by atoms with Gasteiger partial charge in [-0.05, 0) is 18.9 Å². The quantitative estimate of drug-likeness (QED) is 0.649. The highest BCUT2D eigenvalue weighted by molar-refractivity contribution is 7.91. The molecule has 2 fully saturated rings. The minimum absolute atomic E-state index is 0.0522. The Bertz CT molecular complexity index is 1010. The molecule has 0 saturated carbocycles. The minimum Gasteiger partial charge on any atom is -0.493 e. The Balaban J connectivity index is 1.55. The molecule has 1 spiro atoms. The Hall–Kier alpha value is -2.62. The number of nitrogens with zero attached hydrogens (tertiary/aromatic N) is 2. The Morgan fingerprint density at radius 1 is 1.32 bits per heavy atom. The average molecular weight is 450 g/mol. The van der Waals surface area contributed by atoms with Gasteiger partial charge >= 0.3 is 6.03 Å². The molecule has 31 heavy (non-hydrogen) atoms. The van der Waals surface area contributed by atoms with Crippen LogP contribution in [0.5, 0.6) is 5.75 Å². The number of rotatable bonds is 6. The van der Waals surface area contributed by atoms with E-state index in [0.29, 0.717) is 24.3 Å². The lowest BCUT2D eigenvalue weighted by atomic mass is 9.84. The van der Waals surface area contributed by atoms with Crippen LogP contribution in [-0.2, 0) is 25.0 Å². The molecule has 4 rings (SSSR count). The number of hydrogen-bond acceptors (Lipinski definition) is 6. The van der Waals surface area contributed by atoms with Gasteiger partial charge in [-0.15, -0.1) is 0 Å². The van der Waals surface area contributed by atoms with E-state index in [2.05, 4.69) is 5.32 Å². The van der Waals surface area contributed by atoms with E-state index in [1.807, 2.05) is 6.92 Å². The molecule has 0 aromatic heterocycles. The number of carbonyl (C=O) groups is 3. The highest BCUT2D eigenvalue weighted by Gasteiger charge is 2.55. The molecule has 2 atom stereocenters. The molecule has 2 saturated heterocycles. The van der Waals surface area contributed by atoms with Gasteiger partial charge in [0.1, 0.15) is 12.3 Å². The predicted octanol–water partition coefficient (Wildman–Crippen LogP) is 1.03. The fourth-order valence-electron chi connectivity index (χ4n) is 4.60. The molecule has 10 heteroatoms. The lowest BCUT2D eigenvalue weighted by molar-refractivity contribution is -0.140. The lowest BCUT2D eigenvalue weighted by Gasteiger charge is -2.33. The summed E-state index contributed by atoms with van der Waals surface area (Å²) in [5.74, 6) is -0.364. The van der Waals surface area contributed by atoms with Crippen molar-refractivity contribution in [1.29, 1.82) is 0 Å². The van der Waals surface area contributed by atoms with Gasteiger partial charge in [0.25, 0.3) is 5.91 Å². The van der Waals surface area contributed by atoms with Gasteiger partial charge in [-0.25, -0.2) is 13.2 Å². The first-order chi connectivity index (χ1) is 14.8. The third-order valence-electron chi connectivity index (χ3n) is 6.27. The molecule has 0 aliphatic carbocycles. The molecule has 3 aliphatic heterocycles. The van der Waals surface area contributed by atoms with Crippen LogP contribution in [0.25, 0.3) is 0 Å².